The summed E-state index contributed by atoms with van der Waals surface area (Å²) < 4.78 is 5.02. The second-order valence-corrected chi connectivity index (χ2v) is 6.55. The molecule has 1 aromatic heterocycles. The molecule has 0 bridgehead atoms. The molecule has 0 radical (unpaired) electrons. The number of aromatic nitrogens is 2. The number of nitrogens with zero attached hydrogens (tertiary/aromatic N) is 2. The van der Waals surface area contributed by atoms with Crippen molar-refractivity contribution in [3.63, 3.8) is 0 Å². The predicted molar refractivity (Wildman–Crippen MR) is 112 cm³/mol. The van der Waals surface area contributed by atoms with Gasteiger partial charge in [0.05, 0.1) is 17.9 Å². The van der Waals surface area contributed by atoms with E-state index in [4.69, 9.17) is 4.74 Å². The summed E-state index contributed by atoms with van der Waals surface area (Å²) in [7, 11) is 0. The predicted octanol–water partition coefficient (Wildman–Crippen LogP) is 4.88. The van der Waals surface area contributed by atoms with E-state index in [9.17, 15) is 4.79 Å². The average Bonchev–Trinajstić information content (AvgIpc) is 2.69. The quantitative estimate of drug-likeness (QED) is 0.572. The summed E-state index contributed by atoms with van der Waals surface area (Å²) in [6.07, 6.45) is 0. The summed E-state index contributed by atoms with van der Waals surface area (Å²) in [6, 6.07) is 19.2. The molecule has 28 heavy (non-hydrogen) atoms. The lowest BCUT2D eigenvalue weighted by Gasteiger charge is -2.13. The molecule has 0 unspecified atom stereocenters. The molecule has 1 heterocycles. The van der Waals surface area contributed by atoms with Crippen LogP contribution in [0.25, 0.3) is 11.3 Å². The van der Waals surface area contributed by atoms with Gasteiger partial charge in [-0.05, 0) is 45.0 Å². The molecule has 0 aliphatic carbocycles. The van der Waals surface area contributed by atoms with E-state index >= 15 is 0 Å². The number of rotatable bonds is 7. The molecule has 0 aliphatic heterocycles. The first-order valence-electron chi connectivity index (χ1n) is 9.30. The van der Waals surface area contributed by atoms with Crippen LogP contribution in [0.15, 0.2) is 60.7 Å². The molecular formula is C22H24N4O2. The van der Waals surface area contributed by atoms with Gasteiger partial charge in [-0.25, -0.2) is 9.78 Å². The van der Waals surface area contributed by atoms with Crippen LogP contribution in [0.1, 0.15) is 31.1 Å². The molecule has 0 amide bonds. The van der Waals surface area contributed by atoms with Gasteiger partial charge in [0.2, 0.25) is 5.95 Å². The molecule has 0 spiro atoms. The van der Waals surface area contributed by atoms with Gasteiger partial charge in [-0.2, -0.15) is 4.98 Å². The number of esters is 1. The minimum atomic E-state index is -0.328. The summed E-state index contributed by atoms with van der Waals surface area (Å²) in [4.78, 5) is 21.0. The number of anilines is 3. The largest absolute Gasteiger partial charge is 0.462 e. The highest BCUT2D eigenvalue weighted by atomic mass is 16.5. The second kappa shape index (κ2) is 8.99. The fraction of sp³-hybridized carbons (Fsp3) is 0.227. The van der Waals surface area contributed by atoms with Gasteiger partial charge in [-0.15, -0.1) is 0 Å². The second-order valence-electron chi connectivity index (χ2n) is 6.55. The molecule has 2 aromatic carbocycles. The standard InChI is InChI=1S/C22H24N4O2/c1-4-28-21(27)17-10-12-18(13-11-17)24-20-14-19(16-8-6-5-7-9-16)25-22(26-20)23-15(2)3/h5-15H,4H2,1-3H3,(H2,23,24,25,26). The van der Waals surface area contributed by atoms with Crippen molar-refractivity contribution in [1.82, 2.24) is 9.97 Å². The topological polar surface area (TPSA) is 76.1 Å². The molecule has 144 valence electrons. The molecule has 0 fully saturated rings. The summed E-state index contributed by atoms with van der Waals surface area (Å²) in [5.41, 5.74) is 3.17. The Balaban J connectivity index is 1.87. The Morgan fingerprint density at radius 3 is 2.39 bits per heavy atom. The van der Waals surface area contributed by atoms with Crippen LogP contribution in [0.4, 0.5) is 17.5 Å². The van der Waals surface area contributed by atoms with Gasteiger partial charge in [0, 0.05) is 23.4 Å². The highest BCUT2D eigenvalue weighted by molar-refractivity contribution is 5.89. The third kappa shape index (κ3) is 5.07. The van der Waals surface area contributed by atoms with E-state index < -0.39 is 0 Å². The summed E-state index contributed by atoms with van der Waals surface area (Å²) >= 11 is 0. The Bertz CT molecular complexity index is 925. The molecule has 2 N–H and O–H groups in total. The van der Waals surface area contributed by atoms with E-state index in [0.29, 0.717) is 23.9 Å². The van der Waals surface area contributed by atoms with E-state index in [-0.39, 0.29) is 12.0 Å². The van der Waals surface area contributed by atoms with E-state index in [1.807, 2.05) is 62.4 Å². The lowest BCUT2D eigenvalue weighted by molar-refractivity contribution is 0.0526. The van der Waals surface area contributed by atoms with Gasteiger partial charge in [-0.1, -0.05) is 30.3 Å². The van der Waals surface area contributed by atoms with Gasteiger partial charge in [-0.3, -0.25) is 0 Å². The first-order chi connectivity index (χ1) is 13.5. The average molecular weight is 376 g/mol. The van der Waals surface area contributed by atoms with Crippen molar-refractivity contribution in [2.24, 2.45) is 0 Å². The molecule has 0 saturated heterocycles. The van der Waals surface area contributed by atoms with Crippen LogP contribution < -0.4 is 10.6 Å². The molecule has 6 heteroatoms. The van der Waals surface area contributed by atoms with Crippen molar-refractivity contribution in [3.8, 4) is 11.3 Å². The van der Waals surface area contributed by atoms with Crippen molar-refractivity contribution in [2.45, 2.75) is 26.8 Å². The highest BCUT2D eigenvalue weighted by Crippen LogP contribution is 2.24. The number of hydrogen-bond donors (Lipinski definition) is 2. The van der Waals surface area contributed by atoms with Gasteiger partial charge >= 0.3 is 5.97 Å². The number of ether oxygens (including phenoxy) is 1. The van der Waals surface area contributed by atoms with E-state index in [2.05, 4.69) is 20.6 Å². The van der Waals surface area contributed by atoms with E-state index in [0.717, 1.165) is 16.9 Å². The zero-order valence-corrected chi connectivity index (χ0v) is 16.3. The third-order valence-electron chi connectivity index (χ3n) is 3.88. The summed E-state index contributed by atoms with van der Waals surface area (Å²) in [6.45, 7) is 6.23. The van der Waals surface area contributed by atoms with Gasteiger partial charge in [0.15, 0.2) is 0 Å². The van der Waals surface area contributed by atoms with Crippen molar-refractivity contribution in [2.75, 3.05) is 17.2 Å². The van der Waals surface area contributed by atoms with Crippen LogP contribution in [-0.2, 0) is 4.74 Å². The first kappa shape index (κ1) is 19.4. The normalized spacial score (nSPS) is 10.6. The molecule has 0 saturated carbocycles. The Morgan fingerprint density at radius 2 is 1.75 bits per heavy atom. The molecule has 0 atom stereocenters. The number of carbonyl (C=O) groups excluding carboxylic acids is 1. The van der Waals surface area contributed by atoms with Gasteiger partial charge in [0.25, 0.3) is 0 Å². The number of hydrogen-bond acceptors (Lipinski definition) is 6. The fourth-order valence-electron chi connectivity index (χ4n) is 2.64. The number of carbonyl (C=O) groups is 1. The molecule has 3 rings (SSSR count). The summed E-state index contributed by atoms with van der Waals surface area (Å²) in [5.74, 6) is 0.897. The van der Waals surface area contributed by atoms with E-state index in [1.54, 1.807) is 19.1 Å². The monoisotopic (exact) mass is 376 g/mol. The zero-order valence-electron chi connectivity index (χ0n) is 16.3. The Labute approximate surface area is 165 Å². The van der Waals surface area contributed by atoms with E-state index in [1.165, 1.54) is 0 Å². The number of nitrogens with one attached hydrogen (secondary N) is 2. The fourth-order valence-corrected chi connectivity index (χ4v) is 2.64. The first-order valence-corrected chi connectivity index (χ1v) is 9.30. The Hall–Kier alpha value is -3.41. The molecule has 6 nitrogen and oxygen atoms in total. The van der Waals surface area contributed by atoms with Crippen LogP contribution in [0.3, 0.4) is 0 Å². The Kier molecular flexibility index (Phi) is 6.22. The maximum Gasteiger partial charge on any atom is 0.338 e. The maximum absolute atomic E-state index is 11.8. The zero-order chi connectivity index (χ0) is 19.9. The summed E-state index contributed by atoms with van der Waals surface area (Å²) in [5, 5.41) is 6.54. The smallest absolute Gasteiger partial charge is 0.338 e. The van der Waals surface area contributed by atoms with Gasteiger partial charge < -0.3 is 15.4 Å². The minimum absolute atomic E-state index is 0.211. The lowest BCUT2D eigenvalue weighted by atomic mass is 10.1. The van der Waals surface area contributed by atoms with Crippen LogP contribution in [0.5, 0.6) is 0 Å². The molecule has 0 aliphatic rings. The van der Waals surface area contributed by atoms with Gasteiger partial charge in [0.1, 0.15) is 5.82 Å². The molecular weight excluding hydrogens is 352 g/mol. The van der Waals surface area contributed by atoms with Crippen molar-refractivity contribution < 1.29 is 9.53 Å². The van der Waals surface area contributed by atoms with Crippen molar-refractivity contribution in [3.05, 3.63) is 66.2 Å². The lowest BCUT2D eigenvalue weighted by Crippen LogP contribution is -2.13. The third-order valence-corrected chi connectivity index (χ3v) is 3.88. The maximum atomic E-state index is 11.8. The van der Waals surface area contributed by atoms with Crippen LogP contribution in [0.2, 0.25) is 0 Å². The SMILES string of the molecule is CCOC(=O)c1ccc(Nc2cc(-c3ccccc3)nc(NC(C)C)n2)cc1. The molecule has 3 aromatic rings. The highest BCUT2D eigenvalue weighted by Gasteiger charge is 2.09. The van der Waals surface area contributed by atoms with Crippen molar-refractivity contribution in [1.29, 1.82) is 0 Å². The van der Waals surface area contributed by atoms with Crippen LogP contribution >= 0.6 is 0 Å². The van der Waals surface area contributed by atoms with Crippen LogP contribution in [0, 0.1) is 0 Å². The number of benzene rings is 2. The van der Waals surface area contributed by atoms with Crippen molar-refractivity contribution >= 4 is 23.4 Å². The van der Waals surface area contributed by atoms with Crippen LogP contribution in [-0.4, -0.2) is 28.6 Å². The minimum Gasteiger partial charge on any atom is -0.462 e. The Morgan fingerprint density at radius 1 is 1.04 bits per heavy atom.